The molecule has 0 saturated carbocycles. The van der Waals surface area contributed by atoms with E-state index < -0.39 is 28.1 Å². The Morgan fingerprint density at radius 3 is 2.07 bits per heavy atom. The molecule has 4 rings (SSSR count). The number of benzene rings is 2. The summed E-state index contributed by atoms with van der Waals surface area (Å²) in [6.07, 6.45) is 2.24. The summed E-state index contributed by atoms with van der Waals surface area (Å²) < 4.78 is 31.9. The van der Waals surface area contributed by atoms with Gasteiger partial charge in [0.2, 0.25) is 17.7 Å². The maximum Gasteiger partial charge on any atom is 0.277 e. The quantitative estimate of drug-likeness (QED) is 0.201. The Kier molecular flexibility index (Phi) is 10.9. The van der Waals surface area contributed by atoms with Gasteiger partial charge in [-0.2, -0.15) is 13.1 Å². The number of nitrogens with two attached hydrogens (primary N) is 1. The van der Waals surface area contributed by atoms with E-state index in [1.807, 2.05) is 30.3 Å². The van der Waals surface area contributed by atoms with E-state index in [9.17, 15) is 22.8 Å². The molecule has 2 aromatic carbocycles. The minimum absolute atomic E-state index is 0.0218. The Morgan fingerprint density at radius 2 is 1.44 bits per heavy atom. The lowest BCUT2D eigenvalue weighted by Crippen LogP contribution is -2.57. The van der Waals surface area contributed by atoms with Crippen LogP contribution in [0.2, 0.25) is 0 Å². The van der Waals surface area contributed by atoms with Crippen molar-refractivity contribution >= 4 is 33.8 Å². The smallest absolute Gasteiger partial charge is 0.277 e. The van der Waals surface area contributed by atoms with Crippen LogP contribution in [-0.4, -0.2) is 98.5 Å². The van der Waals surface area contributed by atoms with Gasteiger partial charge in [0.15, 0.2) is 0 Å². The molecule has 0 bridgehead atoms. The van der Waals surface area contributed by atoms with Crippen molar-refractivity contribution in [2.75, 3.05) is 45.8 Å². The van der Waals surface area contributed by atoms with Crippen molar-refractivity contribution in [1.29, 1.82) is 5.41 Å². The van der Waals surface area contributed by atoms with Crippen LogP contribution in [-0.2, 0) is 37.4 Å². The highest BCUT2D eigenvalue weighted by molar-refractivity contribution is 7.87. The van der Waals surface area contributed by atoms with Gasteiger partial charge in [0.05, 0.1) is 5.92 Å². The maximum atomic E-state index is 13.7. The number of nitrogens with one attached hydrogen (secondary N) is 3. The summed E-state index contributed by atoms with van der Waals surface area (Å²) in [7, 11) is -4.23. The highest BCUT2D eigenvalue weighted by atomic mass is 32.2. The van der Waals surface area contributed by atoms with Crippen molar-refractivity contribution in [1.82, 2.24) is 24.1 Å². The van der Waals surface area contributed by atoms with Crippen LogP contribution in [0.15, 0.2) is 54.6 Å². The average Bonchev–Trinajstić information content (AvgIpc) is 3.54. The van der Waals surface area contributed by atoms with Crippen LogP contribution in [0.3, 0.4) is 0 Å². The van der Waals surface area contributed by atoms with Crippen LogP contribution in [0.5, 0.6) is 0 Å². The van der Waals surface area contributed by atoms with Crippen molar-refractivity contribution in [3.63, 3.8) is 0 Å². The van der Waals surface area contributed by atoms with Gasteiger partial charge in [0.1, 0.15) is 11.9 Å². The highest BCUT2D eigenvalue weighted by Gasteiger charge is 2.33. The van der Waals surface area contributed by atoms with Crippen LogP contribution in [0.4, 0.5) is 0 Å². The zero-order valence-electron chi connectivity index (χ0n) is 24.5. The monoisotopic (exact) mass is 611 g/mol. The Hall–Kier alpha value is -3.81. The zero-order chi connectivity index (χ0) is 31.0. The Morgan fingerprint density at radius 1 is 0.837 bits per heavy atom. The zero-order valence-corrected chi connectivity index (χ0v) is 25.3. The number of piperazine rings is 1. The van der Waals surface area contributed by atoms with Crippen LogP contribution in [0.25, 0.3) is 0 Å². The molecular weight excluding hydrogens is 570 g/mol. The van der Waals surface area contributed by atoms with Crippen molar-refractivity contribution in [3.8, 4) is 0 Å². The van der Waals surface area contributed by atoms with Gasteiger partial charge < -0.3 is 20.4 Å². The first-order chi connectivity index (χ1) is 20.5. The van der Waals surface area contributed by atoms with E-state index in [1.165, 1.54) is 6.92 Å². The third kappa shape index (κ3) is 9.09. The van der Waals surface area contributed by atoms with E-state index in [2.05, 4.69) is 9.44 Å². The van der Waals surface area contributed by atoms with E-state index in [1.54, 1.807) is 39.0 Å². The number of rotatable bonds is 12. The number of nitrogen functional groups attached to an aromatic ring is 1. The molecule has 2 atom stereocenters. The number of nitrogens with zero attached hydrogens (tertiary/aromatic N) is 3. The summed E-state index contributed by atoms with van der Waals surface area (Å²) in [6.45, 7) is 3.93. The van der Waals surface area contributed by atoms with Gasteiger partial charge in [-0.1, -0.05) is 48.5 Å². The molecule has 2 fully saturated rings. The van der Waals surface area contributed by atoms with Gasteiger partial charge in [0.25, 0.3) is 10.2 Å². The number of hydrogen-bond acceptors (Lipinski definition) is 6. The second-order valence-electron chi connectivity index (χ2n) is 11.1. The third-order valence-electron chi connectivity index (χ3n) is 7.92. The minimum atomic E-state index is -4.23. The van der Waals surface area contributed by atoms with E-state index in [-0.39, 0.29) is 43.7 Å². The van der Waals surface area contributed by atoms with Crippen molar-refractivity contribution in [3.05, 3.63) is 71.3 Å². The minimum Gasteiger partial charge on any atom is -0.384 e. The summed E-state index contributed by atoms with van der Waals surface area (Å²) in [6, 6.07) is 15.1. The van der Waals surface area contributed by atoms with E-state index in [0.717, 1.165) is 18.4 Å². The second kappa shape index (κ2) is 14.6. The van der Waals surface area contributed by atoms with Gasteiger partial charge in [0, 0.05) is 58.3 Å². The molecule has 2 heterocycles. The molecule has 43 heavy (non-hydrogen) atoms. The number of hydrogen-bond donors (Lipinski definition) is 4. The molecule has 2 aliphatic rings. The topological polar surface area (TPSA) is 169 Å². The number of carbonyl (C=O) groups excluding carboxylic acids is 3. The molecule has 2 saturated heterocycles. The number of carbonyl (C=O) groups is 3. The van der Waals surface area contributed by atoms with Crippen LogP contribution >= 0.6 is 0 Å². The van der Waals surface area contributed by atoms with Crippen LogP contribution < -0.4 is 15.2 Å². The lowest BCUT2D eigenvalue weighted by molar-refractivity contribution is -0.139. The summed E-state index contributed by atoms with van der Waals surface area (Å²) in [5.74, 6) is -1.35. The maximum absolute atomic E-state index is 13.7. The summed E-state index contributed by atoms with van der Waals surface area (Å²) >= 11 is 0. The standard InChI is InChI=1S/C30H41N7O5S/c1-22(38)35-14-16-37(17-15-35)30(40)27(20-24-10-7-11-25(19-24)28(31)32)34-43(41,42)33-21-26(18-23-8-3-2-4-9-23)29(39)36-12-5-6-13-36/h2-4,7-11,19,26-27,33-34H,5-6,12-18,20-21H2,1H3,(H3,31,32). The molecule has 3 amide bonds. The summed E-state index contributed by atoms with van der Waals surface area (Å²) in [4.78, 5) is 43.8. The van der Waals surface area contributed by atoms with Gasteiger partial charge >= 0.3 is 0 Å². The predicted octanol–water partition coefficient (Wildman–Crippen LogP) is 0.478. The van der Waals surface area contributed by atoms with Crippen molar-refractivity contribution < 1.29 is 22.8 Å². The molecule has 0 aliphatic carbocycles. The second-order valence-corrected chi connectivity index (χ2v) is 12.6. The summed E-state index contributed by atoms with van der Waals surface area (Å²) in [5, 5.41) is 7.75. The van der Waals surface area contributed by atoms with Gasteiger partial charge in [-0.25, -0.2) is 4.72 Å². The molecule has 0 aromatic heterocycles. The normalized spacial score (nSPS) is 17.0. The first-order valence-corrected chi connectivity index (χ1v) is 16.1. The first kappa shape index (κ1) is 32.1. The Balaban J connectivity index is 1.50. The van der Waals surface area contributed by atoms with Crippen LogP contribution in [0, 0.1) is 11.3 Å². The number of amidine groups is 1. The number of likely N-dealkylation sites (tertiary alicyclic amines) is 1. The molecule has 0 spiro atoms. The van der Waals surface area contributed by atoms with Crippen molar-refractivity contribution in [2.24, 2.45) is 11.7 Å². The molecule has 2 unspecified atom stereocenters. The molecule has 232 valence electrons. The first-order valence-electron chi connectivity index (χ1n) is 14.6. The predicted molar refractivity (Wildman–Crippen MR) is 163 cm³/mol. The third-order valence-corrected chi connectivity index (χ3v) is 9.06. The van der Waals surface area contributed by atoms with Gasteiger partial charge in [-0.3, -0.25) is 19.8 Å². The molecule has 13 heteroatoms. The fourth-order valence-electron chi connectivity index (χ4n) is 5.52. The number of amides is 3. The van der Waals surface area contributed by atoms with Gasteiger partial charge in [-0.15, -0.1) is 0 Å². The van der Waals surface area contributed by atoms with Crippen molar-refractivity contribution in [2.45, 2.75) is 38.6 Å². The highest BCUT2D eigenvalue weighted by Crippen LogP contribution is 2.17. The van der Waals surface area contributed by atoms with Crippen LogP contribution in [0.1, 0.15) is 36.5 Å². The van der Waals surface area contributed by atoms with E-state index in [0.29, 0.717) is 43.7 Å². The van der Waals surface area contributed by atoms with E-state index >= 15 is 0 Å². The average molecular weight is 612 g/mol. The Bertz CT molecular complexity index is 1400. The SMILES string of the molecule is CC(=O)N1CCN(C(=O)C(Cc2cccc(C(=N)N)c2)NS(=O)(=O)NCC(Cc2ccccc2)C(=O)N2CCCC2)CC1. The van der Waals surface area contributed by atoms with E-state index in [4.69, 9.17) is 11.1 Å². The van der Waals surface area contributed by atoms with Gasteiger partial charge in [-0.05, 0) is 42.9 Å². The molecule has 2 aromatic rings. The molecule has 2 aliphatic heterocycles. The lowest BCUT2D eigenvalue weighted by atomic mass is 9.98. The molecule has 5 N–H and O–H groups in total. The lowest BCUT2D eigenvalue weighted by Gasteiger charge is -2.36. The largest absolute Gasteiger partial charge is 0.384 e. The molecule has 12 nitrogen and oxygen atoms in total. The Labute approximate surface area is 253 Å². The summed E-state index contributed by atoms with van der Waals surface area (Å²) in [5.41, 5.74) is 7.66. The molecule has 0 radical (unpaired) electrons. The molecular formula is C30H41N7O5S. The fourth-order valence-corrected chi connectivity index (χ4v) is 6.59. The fraction of sp³-hybridized carbons (Fsp3) is 0.467.